The predicted octanol–water partition coefficient (Wildman–Crippen LogP) is 2.62. The molecule has 0 bridgehead atoms. The van der Waals surface area contributed by atoms with Crippen molar-refractivity contribution in [3.8, 4) is 0 Å². The van der Waals surface area contributed by atoms with Gasteiger partial charge in [-0.1, -0.05) is 44.2 Å². The third-order valence-electron chi connectivity index (χ3n) is 3.86. The van der Waals surface area contributed by atoms with Crippen molar-refractivity contribution in [3.63, 3.8) is 0 Å². The Morgan fingerprint density at radius 1 is 1.35 bits per heavy atom. The molecule has 20 heavy (non-hydrogen) atoms. The van der Waals surface area contributed by atoms with Gasteiger partial charge in [0.05, 0.1) is 0 Å². The number of benzene rings is 1. The van der Waals surface area contributed by atoms with Gasteiger partial charge < -0.3 is 10.6 Å². The summed E-state index contributed by atoms with van der Waals surface area (Å²) in [6.45, 7) is 6.60. The fraction of sp³-hybridized carbons (Fsp3) is 0.588. The summed E-state index contributed by atoms with van der Waals surface area (Å²) in [4.78, 5) is 14.6. The molecule has 1 amide bonds. The number of hydrogen-bond donors (Lipinski definition) is 1. The first kappa shape index (κ1) is 15.0. The van der Waals surface area contributed by atoms with Gasteiger partial charge in [0.1, 0.15) is 0 Å². The van der Waals surface area contributed by atoms with E-state index in [-0.39, 0.29) is 5.92 Å². The van der Waals surface area contributed by atoms with Gasteiger partial charge in [-0.2, -0.15) is 0 Å². The molecule has 1 fully saturated rings. The van der Waals surface area contributed by atoms with Crippen molar-refractivity contribution < 1.29 is 4.79 Å². The van der Waals surface area contributed by atoms with Crippen molar-refractivity contribution in [2.24, 2.45) is 17.6 Å². The highest BCUT2D eigenvalue weighted by atomic mass is 16.2. The van der Waals surface area contributed by atoms with Crippen molar-refractivity contribution in [1.29, 1.82) is 0 Å². The van der Waals surface area contributed by atoms with E-state index >= 15 is 0 Å². The molecular weight excluding hydrogens is 248 g/mol. The second-order valence-electron chi connectivity index (χ2n) is 6.18. The quantitative estimate of drug-likeness (QED) is 0.831. The van der Waals surface area contributed by atoms with Gasteiger partial charge in [-0.05, 0) is 36.8 Å². The molecule has 1 aliphatic rings. The van der Waals surface area contributed by atoms with Gasteiger partial charge in [0, 0.05) is 19.0 Å². The maximum atomic E-state index is 12.6. The van der Waals surface area contributed by atoms with Gasteiger partial charge in [-0.25, -0.2) is 0 Å². The smallest absolute Gasteiger partial charge is 0.226 e. The van der Waals surface area contributed by atoms with Crippen LogP contribution in [0.5, 0.6) is 0 Å². The van der Waals surface area contributed by atoms with Crippen LogP contribution in [0.4, 0.5) is 0 Å². The van der Waals surface area contributed by atoms with Crippen LogP contribution < -0.4 is 5.73 Å². The van der Waals surface area contributed by atoms with Crippen molar-refractivity contribution in [3.05, 3.63) is 35.9 Å². The predicted molar refractivity (Wildman–Crippen MR) is 82.4 cm³/mol. The number of hydrogen-bond acceptors (Lipinski definition) is 2. The van der Waals surface area contributed by atoms with E-state index in [1.54, 1.807) is 0 Å². The monoisotopic (exact) mass is 274 g/mol. The molecule has 2 N–H and O–H groups in total. The molecular formula is C17H26N2O. The van der Waals surface area contributed by atoms with E-state index in [0.29, 0.717) is 24.3 Å². The van der Waals surface area contributed by atoms with Crippen molar-refractivity contribution in [2.45, 2.75) is 32.6 Å². The zero-order chi connectivity index (χ0) is 14.5. The summed E-state index contributed by atoms with van der Waals surface area (Å²) >= 11 is 0. The molecule has 0 saturated heterocycles. The Hall–Kier alpha value is -1.35. The summed E-state index contributed by atoms with van der Waals surface area (Å²) in [6.07, 6.45) is 1.89. The third-order valence-corrected chi connectivity index (χ3v) is 3.86. The first-order chi connectivity index (χ1) is 9.63. The minimum atomic E-state index is 0.189. The van der Waals surface area contributed by atoms with Crippen LogP contribution in [-0.2, 0) is 4.79 Å². The van der Waals surface area contributed by atoms with E-state index in [9.17, 15) is 4.79 Å². The molecule has 2 rings (SSSR count). The molecule has 0 spiro atoms. The maximum absolute atomic E-state index is 12.6. The topological polar surface area (TPSA) is 46.3 Å². The highest BCUT2D eigenvalue weighted by Gasteiger charge is 2.45. The van der Waals surface area contributed by atoms with Crippen LogP contribution in [0.1, 0.15) is 38.2 Å². The minimum absolute atomic E-state index is 0.189. The largest absolute Gasteiger partial charge is 0.342 e. The summed E-state index contributed by atoms with van der Waals surface area (Å²) in [5, 5.41) is 0. The lowest BCUT2D eigenvalue weighted by molar-refractivity contribution is -0.133. The van der Waals surface area contributed by atoms with Gasteiger partial charge in [0.2, 0.25) is 5.91 Å². The van der Waals surface area contributed by atoms with Crippen LogP contribution in [0.25, 0.3) is 0 Å². The Morgan fingerprint density at radius 3 is 2.65 bits per heavy atom. The molecule has 0 aromatic heterocycles. The van der Waals surface area contributed by atoms with Gasteiger partial charge >= 0.3 is 0 Å². The molecule has 0 radical (unpaired) electrons. The lowest BCUT2D eigenvalue weighted by Gasteiger charge is -2.24. The third kappa shape index (κ3) is 3.83. The second-order valence-corrected chi connectivity index (χ2v) is 6.18. The Balaban J connectivity index is 1.95. The molecule has 1 saturated carbocycles. The van der Waals surface area contributed by atoms with E-state index in [1.165, 1.54) is 5.56 Å². The molecule has 3 nitrogen and oxygen atoms in total. The van der Waals surface area contributed by atoms with Crippen LogP contribution in [-0.4, -0.2) is 30.4 Å². The van der Waals surface area contributed by atoms with E-state index in [2.05, 4.69) is 38.1 Å². The average molecular weight is 274 g/mol. The summed E-state index contributed by atoms with van der Waals surface area (Å²) in [5.41, 5.74) is 6.88. The molecule has 2 atom stereocenters. The van der Waals surface area contributed by atoms with Crippen molar-refractivity contribution in [1.82, 2.24) is 4.90 Å². The molecule has 1 aromatic carbocycles. The fourth-order valence-electron chi connectivity index (χ4n) is 2.79. The lowest BCUT2D eigenvalue weighted by Crippen LogP contribution is -2.37. The number of carbonyl (C=O) groups is 1. The van der Waals surface area contributed by atoms with Crippen LogP contribution >= 0.6 is 0 Å². The highest BCUT2D eigenvalue weighted by Crippen LogP contribution is 2.48. The van der Waals surface area contributed by atoms with Crippen LogP contribution in [0.2, 0.25) is 0 Å². The van der Waals surface area contributed by atoms with E-state index in [0.717, 1.165) is 25.9 Å². The molecule has 110 valence electrons. The van der Waals surface area contributed by atoms with Gasteiger partial charge in [0.15, 0.2) is 0 Å². The number of amides is 1. The molecule has 1 aromatic rings. The van der Waals surface area contributed by atoms with E-state index in [4.69, 9.17) is 5.73 Å². The Morgan fingerprint density at radius 2 is 2.05 bits per heavy atom. The first-order valence-electron chi connectivity index (χ1n) is 7.67. The van der Waals surface area contributed by atoms with E-state index < -0.39 is 0 Å². The second kappa shape index (κ2) is 6.89. The van der Waals surface area contributed by atoms with Gasteiger partial charge in [-0.15, -0.1) is 0 Å². The minimum Gasteiger partial charge on any atom is -0.342 e. The summed E-state index contributed by atoms with van der Waals surface area (Å²) < 4.78 is 0. The number of carbonyl (C=O) groups excluding carboxylic acids is 1. The fourth-order valence-corrected chi connectivity index (χ4v) is 2.79. The van der Waals surface area contributed by atoms with Crippen LogP contribution in [0.3, 0.4) is 0 Å². The number of rotatable bonds is 7. The Kier molecular flexibility index (Phi) is 5.18. The summed E-state index contributed by atoms with van der Waals surface area (Å²) in [6, 6.07) is 10.4. The summed E-state index contributed by atoms with van der Waals surface area (Å²) in [5.74, 6) is 1.44. The zero-order valence-corrected chi connectivity index (χ0v) is 12.6. The lowest BCUT2D eigenvalue weighted by atomic mass is 10.1. The van der Waals surface area contributed by atoms with Gasteiger partial charge in [0.25, 0.3) is 0 Å². The summed E-state index contributed by atoms with van der Waals surface area (Å²) in [7, 11) is 0. The Bertz CT molecular complexity index is 430. The zero-order valence-electron chi connectivity index (χ0n) is 12.6. The molecule has 1 aliphatic carbocycles. The SMILES string of the molecule is CC(C)CN(CCCN)C(=O)C1CC1c1ccccc1. The van der Waals surface area contributed by atoms with Crippen LogP contribution in [0, 0.1) is 11.8 Å². The normalized spacial score (nSPS) is 21.0. The number of nitrogens with two attached hydrogens (primary N) is 1. The average Bonchev–Trinajstić information content (AvgIpc) is 3.23. The Labute approximate surface area is 122 Å². The van der Waals surface area contributed by atoms with Gasteiger partial charge in [-0.3, -0.25) is 4.79 Å². The van der Waals surface area contributed by atoms with Crippen molar-refractivity contribution >= 4 is 5.91 Å². The molecule has 0 heterocycles. The molecule has 3 heteroatoms. The van der Waals surface area contributed by atoms with Crippen molar-refractivity contribution in [2.75, 3.05) is 19.6 Å². The van der Waals surface area contributed by atoms with E-state index in [1.807, 2.05) is 11.0 Å². The standard InChI is InChI=1S/C17H26N2O/c1-13(2)12-19(10-6-9-18)17(20)16-11-15(16)14-7-4-3-5-8-14/h3-5,7-8,13,15-16H,6,9-12,18H2,1-2H3. The maximum Gasteiger partial charge on any atom is 0.226 e. The highest BCUT2D eigenvalue weighted by molar-refractivity contribution is 5.83. The first-order valence-corrected chi connectivity index (χ1v) is 7.67. The van der Waals surface area contributed by atoms with Crippen LogP contribution in [0.15, 0.2) is 30.3 Å². The molecule has 0 aliphatic heterocycles. The number of nitrogens with zero attached hydrogens (tertiary/aromatic N) is 1. The molecule has 2 unspecified atom stereocenters.